The molecule has 0 spiro atoms. The molecule has 2 aliphatic rings. The van der Waals surface area contributed by atoms with E-state index < -0.39 is 0 Å². The van der Waals surface area contributed by atoms with Crippen LogP contribution in [0.5, 0.6) is 0 Å². The second-order valence-corrected chi connectivity index (χ2v) is 11.1. The molecular formula is C31H37N7O2. The van der Waals surface area contributed by atoms with E-state index in [2.05, 4.69) is 60.3 Å². The maximum Gasteiger partial charge on any atom is 0.310 e. The SMILES string of the molecule is Cc1cccc(-c2[nH]cnc2-c2ccc3ncc(NCCN4CCCC(C(=O)OC5CCN(C)C5)C4)cc3c2)n1. The third-order valence-electron chi connectivity index (χ3n) is 7.97. The second kappa shape index (κ2) is 11.7. The molecule has 1 aromatic carbocycles. The van der Waals surface area contributed by atoms with Crippen LogP contribution in [-0.4, -0.2) is 88.1 Å². The number of fused-ring (bicyclic) bond motifs is 1. The normalized spacial score (nSPS) is 20.1. The first-order valence-corrected chi connectivity index (χ1v) is 14.2. The number of carbonyl (C=O) groups excluding carboxylic acids is 1. The van der Waals surface area contributed by atoms with Gasteiger partial charge in [0.2, 0.25) is 0 Å². The number of hydrogen-bond acceptors (Lipinski definition) is 8. The molecule has 2 fully saturated rings. The number of likely N-dealkylation sites (N-methyl/N-ethyl adjacent to an activating group) is 1. The van der Waals surface area contributed by atoms with Gasteiger partial charge in [-0.25, -0.2) is 4.98 Å². The first-order chi connectivity index (χ1) is 19.5. The summed E-state index contributed by atoms with van der Waals surface area (Å²) in [5.74, 6) is -0.0481. The fourth-order valence-corrected chi connectivity index (χ4v) is 5.83. The summed E-state index contributed by atoms with van der Waals surface area (Å²) in [6, 6.07) is 14.4. The number of rotatable bonds is 8. The number of piperidine rings is 1. The van der Waals surface area contributed by atoms with Crippen LogP contribution >= 0.6 is 0 Å². The first-order valence-electron chi connectivity index (χ1n) is 14.2. The van der Waals surface area contributed by atoms with Crippen molar-refractivity contribution in [2.75, 3.05) is 51.6 Å². The number of imidazole rings is 1. The molecule has 2 aliphatic heterocycles. The lowest BCUT2D eigenvalue weighted by Crippen LogP contribution is -2.42. The molecule has 2 atom stereocenters. The highest BCUT2D eigenvalue weighted by atomic mass is 16.5. The van der Waals surface area contributed by atoms with Gasteiger partial charge < -0.3 is 24.8 Å². The Hall–Kier alpha value is -3.82. The molecule has 6 rings (SSSR count). The molecular weight excluding hydrogens is 502 g/mol. The highest BCUT2D eigenvalue weighted by Gasteiger charge is 2.30. The van der Waals surface area contributed by atoms with Crippen molar-refractivity contribution in [2.45, 2.75) is 32.3 Å². The van der Waals surface area contributed by atoms with Crippen molar-refractivity contribution in [1.82, 2.24) is 29.7 Å². The molecule has 0 radical (unpaired) electrons. The second-order valence-electron chi connectivity index (χ2n) is 11.1. The van der Waals surface area contributed by atoms with Crippen LogP contribution in [0.3, 0.4) is 0 Å². The third-order valence-corrected chi connectivity index (χ3v) is 7.97. The van der Waals surface area contributed by atoms with Crippen molar-refractivity contribution in [3.05, 3.63) is 60.7 Å². The average molecular weight is 540 g/mol. The Bertz CT molecular complexity index is 1490. The zero-order valence-corrected chi connectivity index (χ0v) is 23.3. The molecule has 0 aliphatic carbocycles. The molecule has 0 amide bonds. The number of carbonyl (C=O) groups is 1. The number of hydrogen-bond donors (Lipinski definition) is 2. The van der Waals surface area contributed by atoms with Gasteiger partial charge in [-0.2, -0.15) is 0 Å². The number of benzene rings is 1. The van der Waals surface area contributed by atoms with Crippen molar-refractivity contribution < 1.29 is 9.53 Å². The van der Waals surface area contributed by atoms with E-state index >= 15 is 0 Å². The maximum atomic E-state index is 12.8. The van der Waals surface area contributed by atoms with Gasteiger partial charge in [-0.05, 0) is 70.1 Å². The summed E-state index contributed by atoms with van der Waals surface area (Å²) >= 11 is 0. The minimum absolute atomic E-state index is 0.0225. The molecule has 5 heterocycles. The van der Waals surface area contributed by atoms with Crippen molar-refractivity contribution >= 4 is 22.6 Å². The lowest BCUT2D eigenvalue weighted by atomic mass is 9.98. The number of aromatic amines is 1. The Labute approximate surface area is 235 Å². The fourth-order valence-electron chi connectivity index (χ4n) is 5.83. The van der Waals surface area contributed by atoms with Crippen molar-refractivity contribution in [1.29, 1.82) is 0 Å². The van der Waals surface area contributed by atoms with Gasteiger partial charge in [0.05, 0.1) is 46.7 Å². The van der Waals surface area contributed by atoms with Crippen LogP contribution in [0.25, 0.3) is 33.5 Å². The summed E-state index contributed by atoms with van der Waals surface area (Å²) in [5.41, 5.74) is 6.55. The van der Waals surface area contributed by atoms with Crippen LogP contribution in [0.1, 0.15) is 25.0 Å². The Morgan fingerprint density at radius 1 is 1.12 bits per heavy atom. The predicted molar refractivity (Wildman–Crippen MR) is 157 cm³/mol. The number of nitrogens with one attached hydrogen (secondary N) is 2. The first kappa shape index (κ1) is 26.4. The van der Waals surface area contributed by atoms with Gasteiger partial charge in [-0.15, -0.1) is 0 Å². The number of pyridine rings is 2. The summed E-state index contributed by atoms with van der Waals surface area (Å²) in [7, 11) is 2.08. The summed E-state index contributed by atoms with van der Waals surface area (Å²) in [6.45, 7) is 7.27. The third kappa shape index (κ3) is 6.00. The van der Waals surface area contributed by atoms with Gasteiger partial charge in [0.15, 0.2) is 0 Å². The summed E-state index contributed by atoms with van der Waals surface area (Å²) in [6.07, 6.45) is 6.53. The van der Waals surface area contributed by atoms with Gasteiger partial charge in [0.25, 0.3) is 0 Å². The molecule has 0 bridgehead atoms. The molecule has 2 N–H and O–H groups in total. The zero-order chi connectivity index (χ0) is 27.5. The minimum Gasteiger partial charge on any atom is -0.461 e. The Morgan fingerprint density at radius 2 is 2.05 bits per heavy atom. The topological polar surface area (TPSA) is 99.3 Å². The van der Waals surface area contributed by atoms with Gasteiger partial charge >= 0.3 is 5.97 Å². The molecule has 0 saturated carbocycles. The number of esters is 1. The molecule has 4 aromatic rings. The lowest BCUT2D eigenvalue weighted by molar-refractivity contribution is -0.155. The zero-order valence-electron chi connectivity index (χ0n) is 23.3. The molecule has 2 unspecified atom stereocenters. The van der Waals surface area contributed by atoms with E-state index in [-0.39, 0.29) is 18.0 Å². The van der Waals surface area contributed by atoms with E-state index in [1.165, 1.54) is 0 Å². The Morgan fingerprint density at radius 3 is 2.90 bits per heavy atom. The van der Waals surface area contributed by atoms with Crippen LogP contribution in [0.15, 0.2) is 55.0 Å². The quantitative estimate of drug-likeness (QED) is 0.319. The van der Waals surface area contributed by atoms with Crippen LogP contribution in [0, 0.1) is 12.8 Å². The van der Waals surface area contributed by atoms with Gasteiger partial charge in [-0.3, -0.25) is 14.8 Å². The van der Waals surface area contributed by atoms with Crippen LogP contribution in [-0.2, 0) is 9.53 Å². The van der Waals surface area contributed by atoms with Gasteiger partial charge in [-0.1, -0.05) is 12.1 Å². The van der Waals surface area contributed by atoms with E-state index in [0.717, 1.165) is 103 Å². The largest absolute Gasteiger partial charge is 0.461 e. The smallest absolute Gasteiger partial charge is 0.310 e. The molecule has 9 nitrogen and oxygen atoms in total. The summed E-state index contributed by atoms with van der Waals surface area (Å²) in [5, 5.41) is 4.58. The molecule has 40 heavy (non-hydrogen) atoms. The van der Waals surface area contributed by atoms with Crippen molar-refractivity contribution in [3.8, 4) is 22.6 Å². The van der Waals surface area contributed by atoms with E-state index in [4.69, 9.17) is 4.74 Å². The molecule has 9 heteroatoms. The fraction of sp³-hybridized carbons (Fsp3) is 0.419. The number of aromatic nitrogens is 4. The van der Waals surface area contributed by atoms with Crippen LogP contribution in [0.2, 0.25) is 0 Å². The number of likely N-dealkylation sites (tertiary alicyclic amines) is 2. The van der Waals surface area contributed by atoms with E-state index in [0.29, 0.717) is 0 Å². The number of aryl methyl sites for hydroxylation is 1. The standard InChI is InChI=1S/C31H37N7O2/c1-21-5-3-7-28(36-21)30-29(34-20-35-30)22-8-9-27-24(15-22)16-25(17-33-27)32-11-14-38-12-4-6-23(18-38)31(39)40-26-10-13-37(2)19-26/h3,5,7-9,15-17,20,23,26,32H,4,6,10-14,18-19H2,1-2H3,(H,34,35). The lowest BCUT2D eigenvalue weighted by Gasteiger charge is -2.32. The monoisotopic (exact) mass is 539 g/mol. The Kier molecular flexibility index (Phi) is 7.75. The average Bonchev–Trinajstić information content (AvgIpc) is 3.62. The molecule has 3 aromatic heterocycles. The molecule has 2 saturated heterocycles. The predicted octanol–water partition coefficient (Wildman–Crippen LogP) is 4.37. The van der Waals surface area contributed by atoms with Gasteiger partial charge in [0.1, 0.15) is 6.10 Å². The number of ether oxygens (including phenoxy) is 1. The molecule has 208 valence electrons. The maximum absolute atomic E-state index is 12.8. The van der Waals surface area contributed by atoms with Crippen molar-refractivity contribution in [3.63, 3.8) is 0 Å². The number of anilines is 1. The number of H-pyrrole nitrogens is 1. The number of nitrogens with zero attached hydrogens (tertiary/aromatic N) is 5. The van der Waals surface area contributed by atoms with Crippen molar-refractivity contribution in [2.24, 2.45) is 5.92 Å². The minimum atomic E-state index is -0.0256. The Balaban J connectivity index is 1.07. The van der Waals surface area contributed by atoms with E-state index in [9.17, 15) is 4.79 Å². The van der Waals surface area contributed by atoms with Crippen LogP contribution in [0.4, 0.5) is 5.69 Å². The summed E-state index contributed by atoms with van der Waals surface area (Å²) in [4.78, 5) is 34.5. The van der Waals surface area contributed by atoms with E-state index in [1.54, 1.807) is 6.33 Å². The van der Waals surface area contributed by atoms with E-state index in [1.807, 2.05) is 37.4 Å². The highest BCUT2D eigenvalue weighted by Crippen LogP contribution is 2.30. The summed E-state index contributed by atoms with van der Waals surface area (Å²) < 4.78 is 5.82. The van der Waals surface area contributed by atoms with Gasteiger partial charge in [0, 0.05) is 49.4 Å². The van der Waals surface area contributed by atoms with Crippen LogP contribution < -0.4 is 5.32 Å². The highest BCUT2D eigenvalue weighted by molar-refractivity contribution is 5.88.